The van der Waals surface area contributed by atoms with Gasteiger partial charge in [-0.15, -0.1) is 0 Å². The fourth-order valence-electron chi connectivity index (χ4n) is 1.71. The summed E-state index contributed by atoms with van der Waals surface area (Å²) in [6, 6.07) is 6.59. The molecule has 0 saturated heterocycles. The van der Waals surface area contributed by atoms with E-state index in [9.17, 15) is 10.1 Å². The predicted molar refractivity (Wildman–Crippen MR) is 63.8 cm³/mol. The van der Waals surface area contributed by atoms with E-state index in [0.717, 1.165) is 17.9 Å². The Labute approximate surface area is 98.9 Å². The number of nitrogens with zero attached hydrogens (tertiary/aromatic N) is 3. The third kappa shape index (κ3) is 2.50. The van der Waals surface area contributed by atoms with E-state index in [0.29, 0.717) is 6.42 Å². The minimum atomic E-state index is -0.392. The molecule has 0 saturated carbocycles. The molecule has 0 fully saturated rings. The molecule has 0 bridgehead atoms. The van der Waals surface area contributed by atoms with Crippen molar-refractivity contribution < 1.29 is 4.92 Å². The van der Waals surface area contributed by atoms with E-state index in [1.807, 2.05) is 6.20 Å². The molecule has 0 amide bonds. The van der Waals surface area contributed by atoms with Crippen LogP contribution in [0.1, 0.15) is 18.3 Å². The lowest BCUT2D eigenvalue weighted by Crippen LogP contribution is -2.01. The third-order valence-corrected chi connectivity index (χ3v) is 2.65. The normalized spacial score (nSPS) is 10.4. The third-order valence-electron chi connectivity index (χ3n) is 2.65. The maximum Gasteiger partial charge on any atom is 0.269 e. The number of nitro benzene ring substituents is 1. The Morgan fingerprint density at radius 1 is 1.35 bits per heavy atom. The number of hydrogen-bond acceptors (Lipinski definition) is 3. The fraction of sp³-hybridized carbons (Fsp3) is 0.250. The van der Waals surface area contributed by atoms with Crippen LogP contribution in [0.5, 0.6) is 0 Å². The van der Waals surface area contributed by atoms with Crippen molar-refractivity contribution in [3.05, 3.63) is 58.2 Å². The van der Waals surface area contributed by atoms with Gasteiger partial charge in [0.1, 0.15) is 5.82 Å². The topological polar surface area (TPSA) is 61.0 Å². The number of aromatic nitrogens is 2. The molecule has 1 aromatic carbocycles. The molecule has 2 rings (SSSR count). The molecule has 5 nitrogen and oxygen atoms in total. The second kappa shape index (κ2) is 4.78. The average molecular weight is 231 g/mol. The standard InChI is InChI=1S/C12H13N3O2/c1-2-14-8-7-13-12(14)9-10-3-5-11(6-4-10)15(16)17/h3-8H,2,9H2,1H3. The van der Waals surface area contributed by atoms with Crippen LogP contribution < -0.4 is 0 Å². The second-order valence-corrected chi connectivity index (χ2v) is 3.73. The Balaban J connectivity index is 2.16. The summed E-state index contributed by atoms with van der Waals surface area (Å²) in [5, 5.41) is 10.5. The Bertz CT molecular complexity index is 517. The van der Waals surface area contributed by atoms with Crippen LogP contribution in [0.2, 0.25) is 0 Å². The number of imidazole rings is 1. The molecular formula is C12H13N3O2. The van der Waals surface area contributed by atoms with Crippen molar-refractivity contribution in [2.24, 2.45) is 0 Å². The molecule has 0 atom stereocenters. The Morgan fingerprint density at radius 2 is 2.06 bits per heavy atom. The number of nitro groups is 1. The zero-order chi connectivity index (χ0) is 12.3. The van der Waals surface area contributed by atoms with Crippen LogP contribution >= 0.6 is 0 Å². The van der Waals surface area contributed by atoms with Gasteiger partial charge in [0.05, 0.1) is 4.92 Å². The molecule has 17 heavy (non-hydrogen) atoms. The van der Waals surface area contributed by atoms with E-state index in [4.69, 9.17) is 0 Å². The lowest BCUT2D eigenvalue weighted by Gasteiger charge is -2.04. The summed E-state index contributed by atoms with van der Waals surface area (Å²) in [5.74, 6) is 0.973. The van der Waals surface area contributed by atoms with Gasteiger partial charge in [-0.05, 0) is 12.5 Å². The van der Waals surface area contributed by atoms with Crippen molar-refractivity contribution >= 4 is 5.69 Å². The smallest absolute Gasteiger partial charge is 0.269 e. The van der Waals surface area contributed by atoms with Crippen molar-refractivity contribution in [2.75, 3.05) is 0 Å². The molecule has 0 radical (unpaired) electrons. The molecule has 0 aliphatic rings. The van der Waals surface area contributed by atoms with Crippen LogP contribution in [-0.2, 0) is 13.0 Å². The van der Waals surface area contributed by atoms with Gasteiger partial charge >= 0.3 is 0 Å². The number of benzene rings is 1. The zero-order valence-corrected chi connectivity index (χ0v) is 9.54. The molecule has 0 aliphatic carbocycles. The van der Waals surface area contributed by atoms with Crippen LogP contribution in [0.15, 0.2) is 36.7 Å². The van der Waals surface area contributed by atoms with Gasteiger partial charge in [-0.1, -0.05) is 12.1 Å². The maximum absolute atomic E-state index is 10.5. The van der Waals surface area contributed by atoms with Gasteiger partial charge in [0.15, 0.2) is 0 Å². The van der Waals surface area contributed by atoms with Gasteiger partial charge in [0.25, 0.3) is 5.69 Å². The molecule has 0 unspecified atom stereocenters. The van der Waals surface area contributed by atoms with Gasteiger partial charge < -0.3 is 4.57 Å². The van der Waals surface area contributed by atoms with Crippen molar-refractivity contribution in [3.63, 3.8) is 0 Å². The molecule has 88 valence electrons. The highest BCUT2D eigenvalue weighted by Gasteiger charge is 2.06. The lowest BCUT2D eigenvalue weighted by atomic mass is 10.1. The molecule has 2 aromatic rings. The summed E-state index contributed by atoms with van der Waals surface area (Å²) < 4.78 is 2.06. The molecule has 1 heterocycles. The molecule has 0 aliphatic heterocycles. The van der Waals surface area contributed by atoms with E-state index in [1.54, 1.807) is 18.3 Å². The first-order valence-electron chi connectivity index (χ1n) is 5.44. The van der Waals surface area contributed by atoms with E-state index in [2.05, 4.69) is 16.5 Å². The van der Waals surface area contributed by atoms with Crippen LogP contribution in [0, 0.1) is 10.1 Å². The first-order valence-corrected chi connectivity index (χ1v) is 5.44. The van der Waals surface area contributed by atoms with Crippen molar-refractivity contribution in [1.82, 2.24) is 9.55 Å². The van der Waals surface area contributed by atoms with Crippen molar-refractivity contribution in [3.8, 4) is 0 Å². The van der Waals surface area contributed by atoms with E-state index in [-0.39, 0.29) is 5.69 Å². The minimum Gasteiger partial charge on any atom is -0.335 e. The van der Waals surface area contributed by atoms with E-state index >= 15 is 0 Å². The van der Waals surface area contributed by atoms with Crippen LogP contribution in [0.4, 0.5) is 5.69 Å². The Morgan fingerprint density at radius 3 is 2.65 bits per heavy atom. The molecule has 0 N–H and O–H groups in total. The maximum atomic E-state index is 10.5. The first-order chi connectivity index (χ1) is 8.20. The number of aryl methyl sites for hydroxylation is 1. The summed E-state index contributed by atoms with van der Waals surface area (Å²) in [4.78, 5) is 14.4. The monoisotopic (exact) mass is 231 g/mol. The Kier molecular flexibility index (Phi) is 3.18. The van der Waals surface area contributed by atoms with Crippen molar-refractivity contribution in [2.45, 2.75) is 19.9 Å². The fourth-order valence-corrected chi connectivity index (χ4v) is 1.71. The van der Waals surface area contributed by atoms with Gasteiger partial charge in [0.2, 0.25) is 0 Å². The predicted octanol–water partition coefficient (Wildman–Crippen LogP) is 2.40. The minimum absolute atomic E-state index is 0.118. The highest BCUT2D eigenvalue weighted by atomic mass is 16.6. The highest BCUT2D eigenvalue weighted by Crippen LogP contribution is 2.14. The second-order valence-electron chi connectivity index (χ2n) is 3.73. The van der Waals surface area contributed by atoms with Crippen LogP contribution in [0.25, 0.3) is 0 Å². The van der Waals surface area contributed by atoms with Gasteiger partial charge in [-0.2, -0.15) is 0 Å². The summed E-state index contributed by atoms with van der Waals surface area (Å²) in [7, 11) is 0. The molecule has 1 aromatic heterocycles. The molecule has 5 heteroatoms. The summed E-state index contributed by atoms with van der Waals surface area (Å²) >= 11 is 0. The number of rotatable bonds is 4. The Hall–Kier alpha value is -2.17. The van der Waals surface area contributed by atoms with Gasteiger partial charge in [0, 0.05) is 37.5 Å². The van der Waals surface area contributed by atoms with E-state index < -0.39 is 4.92 Å². The van der Waals surface area contributed by atoms with Gasteiger partial charge in [-0.3, -0.25) is 10.1 Å². The summed E-state index contributed by atoms with van der Waals surface area (Å²) in [6.45, 7) is 2.93. The number of non-ortho nitro benzene ring substituents is 1. The molecule has 0 spiro atoms. The zero-order valence-electron chi connectivity index (χ0n) is 9.54. The van der Waals surface area contributed by atoms with Crippen LogP contribution in [0.3, 0.4) is 0 Å². The highest BCUT2D eigenvalue weighted by molar-refractivity contribution is 5.33. The first kappa shape index (κ1) is 11.3. The van der Waals surface area contributed by atoms with Crippen LogP contribution in [-0.4, -0.2) is 14.5 Å². The summed E-state index contributed by atoms with van der Waals surface area (Å²) in [5.41, 5.74) is 1.14. The van der Waals surface area contributed by atoms with Gasteiger partial charge in [-0.25, -0.2) is 4.98 Å². The van der Waals surface area contributed by atoms with E-state index in [1.165, 1.54) is 12.1 Å². The largest absolute Gasteiger partial charge is 0.335 e. The number of hydrogen-bond donors (Lipinski definition) is 0. The van der Waals surface area contributed by atoms with Crippen molar-refractivity contribution in [1.29, 1.82) is 0 Å². The summed E-state index contributed by atoms with van der Waals surface area (Å²) in [6.07, 6.45) is 4.39. The quantitative estimate of drug-likeness (QED) is 0.599. The average Bonchev–Trinajstić information content (AvgIpc) is 2.77. The molecular weight excluding hydrogens is 218 g/mol. The SMILES string of the molecule is CCn1ccnc1Cc1ccc([N+](=O)[O-])cc1. The lowest BCUT2D eigenvalue weighted by molar-refractivity contribution is -0.384.